The summed E-state index contributed by atoms with van der Waals surface area (Å²) < 4.78 is 0. The molecule has 7 nitrogen and oxygen atoms in total. The minimum absolute atomic E-state index is 0.0385. The molecule has 1 aliphatic carbocycles. The van der Waals surface area contributed by atoms with Gasteiger partial charge in [0.25, 0.3) is 11.6 Å². The highest BCUT2D eigenvalue weighted by molar-refractivity contribution is 5.97. The van der Waals surface area contributed by atoms with Crippen molar-refractivity contribution in [3.8, 4) is 11.4 Å². The highest BCUT2D eigenvalue weighted by Crippen LogP contribution is 2.24. The number of imidazole rings is 1. The number of hydrogen-bond acceptors (Lipinski definition) is 4. The van der Waals surface area contributed by atoms with Gasteiger partial charge in [0, 0.05) is 29.3 Å². The van der Waals surface area contributed by atoms with Gasteiger partial charge in [-0.25, -0.2) is 4.98 Å². The van der Waals surface area contributed by atoms with Crippen LogP contribution in [0, 0.1) is 10.1 Å². The zero-order valence-corrected chi connectivity index (χ0v) is 14.8. The molecule has 2 N–H and O–H groups in total. The number of benzene rings is 2. The molecule has 1 amide bonds. The van der Waals surface area contributed by atoms with Crippen molar-refractivity contribution in [1.29, 1.82) is 0 Å². The third kappa shape index (κ3) is 3.67. The number of H-pyrrole nitrogens is 1. The van der Waals surface area contributed by atoms with Crippen molar-refractivity contribution in [1.82, 2.24) is 15.3 Å². The van der Waals surface area contributed by atoms with Crippen LogP contribution >= 0.6 is 0 Å². The Balaban J connectivity index is 1.56. The summed E-state index contributed by atoms with van der Waals surface area (Å²) >= 11 is 0. The van der Waals surface area contributed by atoms with Crippen LogP contribution < -0.4 is 5.32 Å². The number of aromatic nitrogens is 2. The molecule has 138 valence electrons. The average molecular weight is 364 g/mol. The van der Waals surface area contributed by atoms with Crippen molar-refractivity contribution in [2.24, 2.45) is 0 Å². The Labute approximate surface area is 156 Å². The van der Waals surface area contributed by atoms with E-state index in [4.69, 9.17) is 0 Å². The molecule has 4 rings (SSSR count). The van der Waals surface area contributed by atoms with Gasteiger partial charge in [-0.2, -0.15) is 0 Å². The Morgan fingerprint density at radius 1 is 1.11 bits per heavy atom. The Morgan fingerprint density at radius 2 is 1.85 bits per heavy atom. The van der Waals surface area contributed by atoms with Crippen molar-refractivity contribution in [3.63, 3.8) is 0 Å². The number of fused-ring (bicyclic) bond motifs is 1. The number of carbonyl (C=O) groups is 1. The lowest BCUT2D eigenvalue weighted by Gasteiger charge is -2.22. The zero-order chi connectivity index (χ0) is 18.8. The Hall–Kier alpha value is -3.22. The van der Waals surface area contributed by atoms with Gasteiger partial charge in [-0.05, 0) is 43.2 Å². The lowest BCUT2D eigenvalue weighted by atomic mass is 9.95. The van der Waals surface area contributed by atoms with Crippen molar-refractivity contribution < 1.29 is 9.72 Å². The Morgan fingerprint density at radius 3 is 2.56 bits per heavy atom. The maximum atomic E-state index is 12.5. The molecule has 1 fully saturated rings. The van der Waals surface area contributed by atoms with Crippen LogP contribution in [-0.4, -0.2) is 26.8 Å². The molecule has 0 unspecified atom stereocenters. The summed E-state index contributed by atoms with van der Waals surface area (Å²) in [5.41, 5.74) is 2.90. The summed E-state index contributed by atoms with van der Waals surface area (Å²) in [6, 6.07) is 11.9. The lowest BCUT2D eigenvalue weighted by molar-refractivity contribution is -0.384. The van der Waals surface area contributed by atoms with Crippen LogP contribution in [0.25, 0.3) is 22.4 Å². The number of non-ortho nitro benzene ring substituents is 1. The summed E-state index contributed by atoms with van der Waals surface area (Å²) in [4.78, 5) is 30.6. The van der Waals surface area contributed by atoms with Crippen molar-refractivity contribution >= 4 is 22.6 Å². The van der Waals surface area contributed by atoms with E-state index in [0.29, 0.717) is 16.9 Å². The van der Waals surface area contributed by atoms with Gasteiger partial charge in [-0.15, -0.1) is 0 Å². The summed E-state index contributed by atoms with van der Waals surface area (Å²) in [7, 11) is 0. The first-order chi connectivity index (χ1) is 13.1. The maximum Gasteiger partial charge on any atom is 0.269 e. The van der Waals surface area contributed by atoms with Crippen LogP contribution in [0.15, 0.2) is 42.5 Å². The summed E-state index contributed by atoms with van der Waals surface area (Å²) in [6.07, 6.45) is 5.67. The molecule has 1 aliphatic rings. The van der Waals surface area contributed by atoms with Crippen LogP contribution in [0.2, 0.25) is 0 Å². The second kappa shape index (κ2) is 7.19. The fourth-order valence-corrected chi connectivity index (χ4v) is 3.54. The van der Waals surface area contributed by atoms with Crippen LogP contribution in [0.4, 0.5) is 5.69 Å². The van der Waals surface area contributed by atoms with E-state index in [1.165, 1.54) is 31.4 Å². The van der Waals surface area contributed by atoms with Gasteiger partial charge in [0.15, 0.2) is 0 Å². The van der Waals surface area contributed by atoms with Crippen LogP contribution in [-0.2, 0) is 0 Å². The molecule has 3 aromatic rings. The molecule has 0 atom stereocenters. The van der Waals surface area contributed by atoms with Gasteiger partial charge in [-0.3, -0.25) is 14.9 Å². The van der Waals surface area contributed by atoms with Crippen molar-refractivity contribution in [2.75, 3.05) is 0 Å². The summed E-state index contributed by atoms with van der Waals surface area (Å²) in [6.45, 7) is 0. The SMILES string of the molecule is O=C(NC1CCCCC1)c1ccc2[nH]c(-c3ccc([N+](=O)[O-])cc3)nc2c1. The highest BCUT2D eigenvalue weighted by atomic mass is 16.6. The van der Waals surface area contributed by atoms with E-state index >= 15 is 0 Å². The monoisotopic (exact) mass is 364 g/mol. The normalized spacial score (nSPS) is 15.0. The molecule has 0 spiro atoms. The highest BCUT2D eigenvalue weighted by Gasteiger charge is 2.17. The Kier molecular flexibility index (Phi) is 4.58. The first-order valence-corrected chi connectivity index (χ1v) is 9.15. The van der Waals surface area contributed by atoms with E-state index in [2.05, 4.69) is 15.3 Å². The predicted octanol–water partition coefficient (Wildman–Crippen LogP) is 4.20. The Bertz CT molecular complexity index is 988. The largest absolute Gasteiger partial charge is 0.349 e. The molecule has 1 aromatic heterocycles. The van der Waals surface area contributed by atoms with Gasteiger partial charge < -0.3 is 10.3 Å². The average Bonchev–Trinajstić information content (AvgIpc) is 3.12. The number of nitrogens with one attached hydrogen (secondary N) is 2. The molecule has 2 aromatic carbocycles. The molecule has 7 heteroatoms. The molecule has 0 bridgehead atoms. The van der Waals surface area contributed by atoms with E-state index in [1.54, 1.807) is 24.3 Å². The second-order valence-electron chi connectivity index (χ2n) is 6.93. The predicted molar refractivity (Wildman–Crippen MR) is 103 cm³/mol. The summed E-state index contributed by atoms with van der Waals surface area (Å²) in [5.74, 6) is 0.549. The topological polar surface area (TPSA) is 101 Å². The molecule has 1 heterocycles. The van der Waals surface area contributed by atoms with E-state index in [-0.39, 0.29) is 17.6 Å². The van der Waals surface area contributed by atoms with Crippen LogP contribution in [0.5, 0.6) is 0 Å². The minimum atomic E-state index is -0.431. The van der Waals surface area contributed by atoms with Gasteiger partial charge in [0.05, 0.1) is 16.0 Å². The first kappa shape index (κ1) is 17.2. The van der Waals surface area contributed by atoms with Crippen LogP contribution in [0.1, 0.15) is 42.5 Å². The number of rotatable bonds is 4. The number of carbonyl (C=O) groups excluding carboxylic acids is 1. The van der Waals surface area contributed by atoms with E-state index in [0.717, 1.165) is 23.9 Å². The molecule has 0 radical (unpaired) electrons. The quantitative estimate of drug-likeness (QED) is 0.535. The minimum Gasteiger partial charge on any atom is -0.349 e. The smallest absolute Gasteiger partial charge is 0.269 e. The van der Waals surface area contributed by atoms with Crippen molar-refractivity contribution in [3.05, 3.63) is 58.1 Å². The second-order valence-corrected chi connectivity index (χ2v) is 6.93. The molecule has 0 saturated heterocycles. The molecular formula is C20H20N4O3. The van der Waals surface area contributed by atoms with Gasteiger partial charge in [0.2, 0.25) is 0 Å². The third-order valence-electron chi connectivity index (χ3n) is 5.04. The van der Waals surface area contributed by atoms with Crippen molar-refractivity contribution in [2.45, 2.75) is 38.1 Å². The lowest BCUT2D eigenvalue weighted by Crippen LogP contribution is -2.36. The zero-order valence-electron chi connectivity index (χ0n) is 14.8. The maximum absolute atomic E-state index is 12.5. The van der Waals surface area contributed by atoms with E-state index < -0.39 is 4.92 Å². The number of hydrogen-bond donors (Lipinski definition) is 2. The number of nitro benzene ring substituents is 1. The van der Waals surface area contributed by atoms with Gasteiger partial charge in [0.1, 0.15) is 5.82 Å². The van der Waals surface area contributed by atoms with E-state index in [9.17, 15) is 14.9 Å². The van der Waals surface area contributed by atoms with E-state index in [1.807, 2.05) is 6.07 Å². The molecular weight excluding hydrogens is 344 g/mol. The van der Waals surface area contributed by atoms with Gasteiger partial charge >= 0.3 is 0 Å². The fraction of sp³-hybridized carbons (Fsp3) is 0.300. The number of aromatic amines is 1. The number of amides is 1. The number of nitro groups is 1. The summed E-state index contributed by atoms with van der Waals surface area (Å²) in [5, 5.41) is 13.9. The van der Waals surface area contributed by atoms with Crippen LogP contribution in [0.3, 0.4) is 0 Å². The molecule has 27 heavy (non-hydrogen) atoms. The number of nitrogens with zero attached hydrogens (tertiary/aromatic N) is 2. The first-order valence-electron chi connectivity index (χ1n) is 9.15. The molecule has 1 saturated carbocycles. The third-order valence-corrected chi connectivity index (χ3v) is 5.04. The van der Waals surface area contributed by atoms with Gasteiger partial charge in [-0.1, -0.05) is 19.3 Å². The standard InChI is InChI=1S/C20H20N4O3/c25-20(21-15-4-2-1-3-5-15)14-8-11-17-18(12-14)23-19(22-17)13-6-9-16(10-7-13)24(26)27/h6-12,15H,1-5H2,(H,21,25)(H,22,23). The molecule has 0 aliphatic heterocycles. The fourth-order valence-electron chi connectivity index (χ4n) is 3.54.